The van der Waals surface area contributed by atoms with Crippen LogP contribution in [0.1, 0.15) is 6.92 Å². The molecule has 0 unspecified atom stereocenters. The van der Waals surface area contributed by atoms with Gasteiger partial charge >= 0.3 is 5.97 Å². The van der Waals surface area contributed by atoms with Gasteiger partial charge in [0, 0.05) is 12.4 Å². The van der Waals surface area contributed by atoms with Crippen LogP contribution in [0.3, 0.4) is 0 Å². The molecule has 0 fully saturated rings. The predicted molar refractivity (Wildman–Crippen MR) is 63.1 cm³/mol. The highest BCUT2D eigenvalue weighted by Crippen LogP contribution is 2.22. The molecular weight excluding hydrogens is 244 g/mol. The number of fused-ring (bicyclic) bond motifs is 1. The summed E-state index contributed by atoms with van der Waals surface area (Å²) in [5.41, 5.74) is 0.0895. The third-order valence-corrected chi connectivity index (χ3v) is 2.53. The second-order valence-corrected chi connectivity index (χ2v) is 3.86. The van der Waals surface area contributed by atoms with E-state index >= 15 is 0 Å². The van der Waals surface area contributed by atoms with Crippen molar-refractivity contribution in [3.05, 3.63) is 35.2 Å². The van der Waals surface area contributed by atoms with Crippen LogP contribution in [-0.4, -0.2) is 34.6 Å². The number of aliphatic hydroxyl groups excluding tert-OH is 1. The van der Waals surface area contributed by atoms with Crippen molar-refractivity contribution in [2.45, 2.75) is 13.2 Å². The molecule has 0 aromatic heterocycles. The largest absolute Gasteiger partial charge is 0.462 e. The number of ether oxygens (including phenoxy) is 1. The summed E-state index contributed by atoms with van der Waals surface area (Å²) in [7, 11) is 0. The van der Waals surface area contributed by atoms with E-state index in [0.717, 1.165) is 0 Å². The van der Waals surface area contributed by atoms with Crippen LogP contribution in [0.25, 0.3) is 0 Å². The first-order valence-electron chi connectivity index (χ1n) is 5.10. The summed E-state index contributed by atoms with van der Waals surface area (Å²) in [6.07, 6.45) is 5.01. The van der Waals surface area contributed by atoms with Crippen LogP contribution in [0, 0.1) is 0 Å². The van der Waals surface area contributed by atoms with Crippen molar-refractivity contribution < 1.29 is 14.6 Å². The fourth-order valence-electron chi connectivity index (χ4n) is 1.51. The number of rotatable bonds is 2. The van der Waals surface area contributed by atoms with E-state index in [1.807, 2.05) is 0 Å². The molecule has 0 aromatic carbocycles. The van der Waals surface area contributed by atoms with Gasteiger partial charge in [-0.05, 0) is 19.1 Å². The first kappa shape index (κ1) is 11.9. The third-order valence-electron chi connectivity index (χ3n) is 2.31. The summed E-state index contributed by atoms with van der Waals surface area (Å²) < 4.78 is 4.82. The number of nitrogens with zero attached hydrogens (tertiary/aromatic N) is 2. The summed E-state index contributed by atoms with van der Waals surface area (Å²) in [6, 6.07) is 0. The number of allylic oxidation sites excluding steroid dienone is 2. The molecule has 2 rings (SSSR count). The van der Waals surface area contributed by atoms with Crippen molar-refractivity contribution in [2.24, 2.45) is 4.99 Å². The first-order chi connectivity index (χ1) is 8.13. The van der Waals surface area contributed by atoms with E-state index in [-0.39, 0.29) is 12.2 Å². The van der Waals surface area contributed by atoms with Crippen molar-refractivity contribution in [1.82, 2.24) is 4.90 Å². The van der Waals surface area contributed by atoms with Gasteiger partial charge in [-0.15, -0.1) is 0 Å². The first-order valence-corrected chi connectivity index (χ1v) is 5.48. The molecule has 0 spiro atoms. The summed E-state index contributed by atoms with van der Waals surface area (Å²) in [5, 5.41) is 10.5. The molecule has 0 radical (unpaired) electrons. The normalized spacial score (nSPS) is 22.4. The van der Waals surface area contributed by atoms with Crippen LogP contribution in [0.5, 0.6) is 0 Å². The highest BCUT2D eigenvalue weighted by Gasteiger charge is 2.30. The molecule has 5 nitrogen and oxygen atoms in total. The Bertz CT molecular complexity index is 465. The van der Waals surface area contributed by atoms with Gasteiger partial charge in [0.15, 0.2) is 6.23 Å². The van der Waals surface area contributed by atoms with Crippen molar-refractivity contribution in [3.63, 3.8) is 0 Å². The number of carbonyl (C=O) groups is 1. The number of aliphatic hydroxyl groups is 1. The average molecular weight is 255 g/mol. The molecule has 0 aromatic rings. The van der Waals surface area contributed by atoms with E-state index < -0.39 is 12.2 Å². The Kier molecular flexibility index (Phi) is 3.31. The lowest BCUT2D eigenvalue weighted by atomic mass is 10.1. The smallest absolute Gasteiger partial charge is 0.340 e. The van der Waals surface area contributed by atoms with Gasteiger partial charge in [0.05, 0.1) is 11.6 Å². The zero-order valence-electron chi connectivity index (χ0n) is 9.13. The van der Waals surface area contributed by atoms with Crippen molar-refractivity contribution in [3.8, 4) is 0 Å². The molecule has 2 aliphatic rings. The molecule has 0 aliphatic carbocycles. The Hall–Kier alpha value is -1.59. The van der Waals surface area contributed by atoms with E-state index in [0.29, 0.717) is 10.9 Å². The Morgan fingerprint density at radius 1 is 1.65 bits per heavy atom. The van der Waals surface area contributed by atoms with E-state index in [1.165, 1.54) is 17.3 Å². The lowest BCUT2D eigenvalue weighted by Gasteiger charge is -2.31. The van der Waals surface area contributed by atoms with Crippen LogP contribution in [0.4, 0.5) is 0 Å². The minimum Gasteiger partial charge on any atom is -0.462 e. The van der Waals surface area contributed by atoms with Gasteiger partial charge in [-0.25, -0.2) is 9.79 Å². The second-order valence-electron chi connectivity index (χ2n) is 3.42. The van der Waals surface area contributed by atoms with Crippen molar-refractivity contribution in [1.29, 1.82) is 0 Å². The summed E-state index contributed by atoms with van der Waals surface area (Å²) in [6.45, 7) is 1.94. The molecule has 2 heterocycles. The number of esters is 1. The highest BCUT2D eigenvalue weighted by atomic mass is 35.5. The van der Waals surface area contributed by atoms with Crippen molar-refractivity contribution >= 4 is 23.4 Å². The maximum absolute atomic E-state index is 11.5. The van der Waals surface area contributed by atoms with E-state index in [1.54, 1.807) is 19.1 Å². The Balaban J connectivity index is 2.28. The molecule has 0 amide bonds. The molecule has 0 saturated carbocycles. The molecule has 1 atom stereocenters. The molecule has 90 valence electrons. The Morgan fingerprint density at radius 3 is 3.12 bits per heavy atom. The molecular formula is C11H11ClN2O3. The molecule has 17 heavy (non-hydrogen) atoms. The van der Waals surface area contributed by atoms with Gasteiger partial charge < -0.3 is 14.7 Å². The lowest BCUT2D eigenvalue weighted by Crippen LogP contribution is -2.42. The number of hydrogen-bond donors (Lipinski definition) is 1. The second kappa shape index (κ2) is 4.73. The zero-order chi connectivity index (χ0) is 12.4. The maximum atomic E-state index is 11.5. The zero-order valence-corrected chi connectivity index (χ0v) is 9.89. The summed E-state index contributed by atoms with van der Waals surface area (Å²) in [5.74, 6) is -0.0585. The van der Waals surface area contributed by atoms with Gasteiger partial charge in [-0.2, -0.15) is 0 Å². The molecule has 1 N–H and O–H groups in total. The van der Waals surface area contributed by atoms with Gasteiger partial charge in [-0.1, -0.05) is 11.6 Å². The van der Waals surface area contributed by atoms with Crippen LogP contribution in [0.15, 0.2) is 40.1 Å². The van der Waals surface area contributed by atoms with Crippen LogP contribution in [-0.2, 0) is 9.53 Å². The van der Waals surface area contributed by atoms with E-state index in [9.17, 15) is 9.90 Å². The lowest BCUT2D eigenvalue weighted by molar-refractivity contribution is -0.140. The van der Waals surface area contributed by atoms with Gasteiger partial charge in [0.2, 0.25) is 0 Å². The van der Waals surface area contributed by atoms with E-state index in [2.05, 4.69) is 4.99 Å². The molecule has 2 aliphatic heterocycles. The molecule has 6 heteroatoms. The quantitative estimate of drug-likeness (QED) is 0.750. The van der Waals surface area contributed by atoms with Gasteiger partial charge in [0.25, 0.3) is 0 Å². The average Bonchev–Trinajstić information content (AvgIpc) is 2.30. The highest BCUT2D eigenvalue weighted by molar-refractivity contribution is 6.32. The van der Waals surface area contributed by atoms with Crippen molar-refractivity contribution in [2.75, 3.05) is 6.61 Å². The number of aliphatic imine (C=N–C) groups is 1. The molecule has 0 bridgehead atoms. The monoisotopic (exact) mass is 254 g/mol. The van der Waals surface area contributed by atoms with E-state index in [4.69, 9.17) is 16.3 Å². The fourth-order valence-corrected chi connectivity index (χ4v) is 1.68. The standard InChI is InChI=1S/C11H11ClN2O3/c1-2-17-11(16)8-5-13-9-4-3-7(12)6-14(9)10(8)15/h3-6,10,15H,2H2,1H3/t10-/m0/s1. The maximum Gasteiger partial charge on any atom is 0.340 e. The molecule has 0 saturated heterocycles. The SMILES string of the molecule is CCOC(=O)C1=CN=C2C=CC(Cl)=CN2[C@H]1O. The number of carbonyl (C=O) groups excluding carboxylic acids is 1. The van der Waals surface area contributed by atoms with Crippen LogP contribution >= 0.6 is 11.6 Å². The minimum atomic E-state index is -1.12. The summed E-state index contributed by atoms with van der Waals surface area (Å²) in [4.78, 5) is 17.0. The van der Waals surface area contributed by atoms with Gasteiger partial charge in [0.1, 0.15) is 11.4 Å². The number of amidine groups is 1. The third kappa shape index (κ3) is 2.25. The Morgan fingerprint density at radius 2 is 2.41 bits per heavy atom. The number of halogens is 1. The fraction of sp³-hybridized carbons (Fsp3) is 0.273. The number of hydrogen-bond acceptors (Lipinski definition) is 5. The Labute approximate surface area is 103 Å². The predicted octanol–water partition coefficient (Wildman–Crippen LogP) is 1.12. The van der Waals surface area contributed by atoms with Gasteiger partial charge in [-0.3, -0.25) is 0 Å². The van der Waals surface area contributed by atoms with Crippen LogP contribution in [0.2, 0.25) is 0 Å². The minimum absolute atomic E-state index is 0.0895. The summed E-state index contributed by atoms with van der Waals surface area (Å²) >= 11 is 5.82. The topological polar surface area (TPSA) is 62.1 Å². The van der Waals surface area contributed by atoms with Crippen LogP contribution < -0.4 is 0 Å².